The molecule has 8 heteroatoms. The van der Waals surface area contributed by atoms with Crippen molar-refractivity contribution in [2.75, 3.05) is 19.7 Å². The molecule has 6 nitrogen and oxygen atoms in total. The Bertz CT molecular complexity index is 733. The Kier molecular flexibility index (Phi) is 5.51. The molecule has 1 fully saturated rings. The highest BCUT2D eigenvalue weighted by atomic mass is 19.3. The van der Waals surface area contributed by atoms with Crippen LogP contribution in [0.5, 0.6) is 0 Å². The van der Waals surface area contributed by atoms with Crippen LogP contribution in [0.1, 0.15) is 29.8 Å². The second-order valence-corrected chi connectivity index (χ2v) is 6.57. The summed E-state index contributed by atoms with van der Waals surface area (Å²) < 4.78 is 25.5. The molecule has 2 aromatic rings. The Hall–Kier alpha value is -2.48. The molecule has 3 rings (SSSR count). The molecule has 0 bridgehead atoms. The zero-order valence-electron chi connectivity index (χ0n) is 14.2. The van der Waals surface area contributed by atoms with Crippen LogP contribution in [0.3, 0.4) is 0 Å². The predicted molar refractivity (Wildman–Crippen MR) is 90.5 cm³/mol. The van der Waals surface area contributed by atoms with Gasteiger partial charge in [-0.05, 0) is 25.0 Å². The van der Waals surface area contributed by atoms with Gasteiger partial charge in [-0.1, -0.05) is 0 Å². The second-order valence-electron chi connectivity index (χ2n) is 6.57. The van der Waals surface area contributed by atoms with Gasteiger partial charge in [0.1, 0.15) is 5.69 Å². The van der Waals surface area contributed by atoms with Crippen LogP contribution in [-0.4, -0.2) is 57.0 Å². The lowest BCUT2D eigenvalue weighted by atomic mass is 9.76. The van der Waals surface area contributed by atoms with Crippen molar-refractivity contribution >= 4 is 5.91 Å². The number of carbonyl (C=O) groups excluding carboxylic acids is 1. The lowest BCUT2D eigenvalue weighted by Crippen LogP contribution is -2.45. The number of hydrogen-bond acceptors (Lipinski definition) is 5. The van der Waals surface area contributed by atoms with Crippen molar-refractivity contribution in [3.8, 4) is 11.3 Å². The van der Waals surface area contributed by atoms with Crippen molar-refractivity contribution in [1.82, 2.24) is 19.9 Å². The highest BCUT2D eigenvalue weighted by Crippen LogP contribution is 2.37. The summed E-state index contributed by atoms with van der Waals surface area (Å²) in [4.78, 5) is 26.6. The Morgan fingerprint density at radius 1 is 1.19 bits per heavy atom. The van der Waals surface area contributed by atoms with E-state index in [4.69, 9.17) is 0 Å². The summed E-state index contributed by atoms with van der Waals surface area (Å²) >= 11 is 0. The Morgan fingerprint density at radius 3 is 2.50 bits per heavy atom. The molecule has 0 unspecified atom stereocenters. The van der Waals surface area contributed by atoms with E-state index in [0.717, 1.165) is 5.56 Å². The molecule has 0 aromatic carbocycles. The molecule has 0 aliphatic carbocycles. The maximum atomic E-state index is 12.7. The number of nitrogens with zero attached hydrogens (tertiary/aromatic N) is 4. The number of halogens is 2. The van der Waals surface area contributed by atoms with E-state index in [2.05, 4.69) is 15.0 Å². The lowest BCUT2D eigenvalue weighted by molar-refractivity contribution is -0.00802. The van der Waals surface area contributed by atoms with Gasteiger partial charge in [0.05, 0.1) is 11.9 Å². The maximum Gasteiger partial charge on any atom is 0.272 e. The summed E-state index contributed by atoms with van der Waals surface area (Å²) in [7, 11) is 0. The topological polar surface area (TPSA) is 79.2 Å². The summed E-state index contributed by atoms with van der Waals surface area (Å²) in [5.74, 6) is -0.237. The molecule has 1 N–H and O–H groups in total. The zero-order valence-corrected chi connectivity index (χ0v) is 14.2. The summed E-state index contributed by atoms with van der Waals surface area (Å²) in [5.41, 5.74) is 0.915. The van der Waals surface area contributed by atoms with E-state index >= 15 is 0 Å². The molecule has 138 valence electrons. The number of piperidine rings is 1. The number of pyridine rings is 1. The first-order valence-corrected chi connectivity index (χ1v) is 8.44. The Balaban J connectivity index is 1.65. The monoisotopic (exact) mass is 362 g/mol. The first kappa shape index (κ1) is 18.3. The molecule has 2 aromatic heterocycles. The van der Waals surface area contributed by atoms with Crippen molar-refractivity contribution in [2.45, 2.75) is 25.7 Å². The number of aliphatic hydroxyl groups excluding tert-OH is 1. The zero-order chi connectivity index (χ0) is 18.6. The molecule has 1 saturated heterocycles. The molecule has 26 heavy (non-hydrogen) atoms. The lowest BCUT2D eigenvalue weighted by Gasteiger charge is -2.40. The van der Waals surface area contributed by atoms with Gasteiger partial charge in [0.15, 0.2) is 0 Å². The quantitative estimate of drug-likeness (QED) is 0.884. The highest BCUT2D eigenvalue weighted by molar-refractivity contribution is 5.92. The van der Waals surface area contributed by atoms with Gasteiger partial charge >= 0.3 is 0 Å². The van der Waals surface area contributed by atoms with Crippen molar-refractivity contribution in [3.63, 3.8) is 0 Å². The van der Waals surface area contributed by atoms with Crippen LogP contribution >= 0.6 is 0 Å². The fraction of sp³-hybridized carbons (Fsp3) is 0.444. The van der Waals surface area contributed by atoms with Gasteiger partial charge in [-0.2, -0.15) is 0 Å². The van der Waals surface area contributed by atoms with Gasteiger partial charge in [-0.3, -0.25) is 19.7 Å². The first-order chi connectivity index (χ1) is 12.5. The maximum absolute atomic E-state index is 12.7. The van der Waals surface area contributed by atoms with Gasteiger partial charge < -0.3 is 10.0 Å². The SMILES string of the molecule is O=C(c1ccc(-c2cnccn2)cn1)N1CCC(CO)(CC(F)F)CC1. The third kappa shape index (κ3) is 4.01. The Labute approximate surface area is 149 Å². The summed E-state index contributed by atoms with van der Waals surface area (Å²) in [6.07, 6.45) is 4.25. The minimum absolute atomic E-state index is 0.237. The number of aromatic nitrogens is 3. The van der Waals surface area contributed by atoms with Crippen LogP contribution in [0, 0.1) is 5.41 Å². The van der Waals surface area contributed by atoms with Crippen LogP contribution < -0.4 is 0 Å². The summed E-state index contributed by atoms with van der Waals surface area (Å²) in [6, 6.07) is 3.38. The van der Waals surface area contributed by atoms with Crippen LogP contribution in [0.15, 0.2) is 36.9 Å². The fourth-order valence-electron chi connectivity index (χ4n) is 3.22. The van der Waals surface area contributed by atoms with Crippen molar-refractivity contribution in [3.05, 3.63) is 42.6 Å². The standard InChI is InChI=1S/C18H20F2N4O2/c19-16(20)9-18(12-25)3-7-24(8-4-18)17(26)14-2-1-13(10-23-14)15-11-21-5-6-22-15/h1-2,5-6,10-11,16,25H,3-4,7-9,12H2. The van der Waals surface area contributed by atoms with Gasteiger partial charge in [0.25, 0.3) is 5.91 Å². The van der Waals surface area contributed by atoms with Crippen LogP contribution in [0.4, 0.5) is 8.78 Å². The number of aliphatic hydroxyl groups is 1. The number of rotatable bonds is 5. The minimum atomic E-state index is -2.46. The molecule has 3 heterocycles. The number of alkyl halides is 2. The van der Waals surface area contributed by atoms with E-state index in [-0.39, 0.29) is 18.9 Å². The van der Waals surface area contributed by atoms with Crippen LogP contribution in [0.25, 0.3) is 11.3 Å². The molecule has 1 aliphatic rings. The molecule has 1 aliphatic heterocycles. The van der Waals surface area contributed by atoms with Crippen molar-refractivity contribution < 1.29 is 18.7 Å². The van der Waals surface area contributed by atoms with Crippen molar-refractivity contribution in [1.29, 1.82) is 0 Å². The van der Waals surface area contributed by atoms with E-state index in [1.807, 2.05) is 0 Å². The van der Waals surface area contributed by atoms with Gasteiger partial charge in [-0.15, -0.1) is 0 Å². The molecular formula is C18H20F2N4O2. The molecule has 1 amide bonds. The third-order valence-corrected chi connectivity index (χ3v) is 4.88. The van der Waals surface area contributed by atoms with Gasteiger partial charge in [0.2, 0.25) is 6.43 Å². The predicted octanol–water partition coefficient (Wildman–Crippen LogP) is 2.41. The average Bonchev–Trinajstić information content (AvgIpc) is 2.68. The number of carbonyl (C=O) groups is 1. The smallest absolute Gasteiger partial charge is 0.272 e. The van der Waals surface area contributed by atoms with E-state index in [1.165, 1.54) is 0 Å². The molecule has 0 radical (unpaired) electrons. The normalized spacial score (nSPS) is 16.7. The van der Waals surface area contributed by atoms with E-state index in [1.54, 1.807) is 41.8 Å². The number of hydrogen-bond donors (Lipinski definition) is 1. The minimum Gasteiger partial charge on any atom is -0.396 e. The van der Waals surface area contributed by atoms with Crippen molar-refractivity contribution in [2.24, 2.45) is 5.41 Å². The van der Waals surface area contributed by atoms with E-state index < -0.39 is 11.8 Å². The average molecular weight is 362 g/mol. The second kappa shape index (κ2) is 7.82. The first-order valence-electron chi connectivity index (χ1n) is 8.44. The van der Waals surface area contributed by atoms with Crippen LogP contribution in [-0.2, 0) is 0 Å². The van der Waals surface area contributed by atoms with Gasteiger partial charge in [-0.25, -0.2) is 8.78 Å². The van der Waals surface area contributed by atoms with E-state index in [0.29, 0.717) is 37.3 Å². The van der Waals surface area contributed by atoms with Crippen LogP contribution in [0.2, 0.25) is 0 Å². The third-order valence-electron chi connectivity index (χ3n) is 4.88. The highest BCUT2D eigenvalue weighted by Gasteiger charge is 2.38. The largest absolute Gasteiger partial charge is 0.396 e. The molecule has 0 saturated carbocycles. The summed E-state index contributed by atoms with van der Waals surface area (Å²) in [6.45, 7) is 0.379. The number of amides is 1. The molecule has 0 spiro atoms. The molecule has 0 atom stereocenters. The molecular weight excluding hydrogens is 342 g/mol. The Morgan fingerprint density at radius 2 is 1.96 bits per heavy atom. The summed E-state index contributed by atoms with van der Waals surface area (Å²) in [5, 5.41) is 9.51. The van der Waals surface area contributed by atoms with E-state index in [9.17, 15) is 18.7 Å². The number of likely N-dealkylation sites (tertiary alicyclic amines) is 1. The fourth-order valence-corrected chi connectivity index (χ4v) is 3.22. The van der Waals surface area contributed by atoms with Gasteiger partial charge in [0, 0.05) is 55.7 Å².